The molecule has 0 aromatic carbocycles. The maximum atomic E-state index is 5.35. The van der Waals surface area contributed by atoms with E-state index in [-0.39, 0.29) is 0 Å². The van der Waals surface area contributed by atoms with E-state index in [9.17, 15) is 0 Å². The van der Waals surface area contributed by atoms with Gasteiger partial charge < -0.3 is 11.1 Å². The van der Waals surface area contributed by atoms with Crippen LogP contribution in [0.3, 0.4) is 0 Å². The van der Waals surface area contributed by atoms with Gasteiger partial charge in [-0.05, 0) is 12.1 Å². The van der Waals surface area contributed by atoms with Crippen molar-refractivity contribution >= 4 is 22.9 Å². The van der Waals surface area contributed by atoms with Crippen LogP contribution in [-0.2, 0) is 0 Å². The summed E-state index contributed by atoms with van der Waals surface area (Å²) in [5.41, 5.74) is 6.95. The molecule has 1 heterocycles. The number of hydrogen-bond donors (Lipinski definition) is 2. The van der Waals surface area contributed by atoms with Gasteiger partial charge >= 0.3 is 0 Å². The Morgan fingerprint density at radius 2 is 2.36 bits per heavy atom. The van der Waals surface area contributed by atoms with Gasteiger partial charge in [0.2, 0.25) is 0 Å². The quantitative estimate of drug-likeness (QED) is 0.638. The summed E-state index contributed by atoms with van der Waals surface area (Å²) in [5, 5.41) is 2.95. The van der Waals surface area contributed by atoms with Gasteiger partial charge in [-0.2, -0.15) is 0 Å². The number of thiocarbonyl (C=S) groups is 1. The number of nitrogens with zero attached hydrogens (tertiary/aromatic N) is 1. The molecule has 0 aliphatic rings. The molecular formula is C7H9N3S. The van der Waals surface area contributed by atoms with Gasteiger partial charge in [-0.3, -0.25) is 4.98 Å². The van der Waals surface area contributed by atoms with Crippen molar-refractivity contribution in [3.8, 4) is 0 Å². The fourth-order valence-electron chi connectivity index (χ4n) is 0.688. The van der Waals surface area contributed by atoms with Crippen LogP contribution in [0, 0.1) is 0 Å². The maximum absolute atomic E-state index is 5.35. The van der Waals surface area contributed by atoms with Crippen molar-refractivity contribution in [3.05, 3.63) is 24.0 Å². The molecule has 4 heteroatoms. The monoisotopic (exact) mass is 167 g/mol. The molecule has 0 bridgehead atoms. The molecule has 3 nitrogen and oxygen atoms in total. The van der Waals surface area contributed by atoms with Gasteiger partial charge in [0.1, 0.15) is 4.99 Å². The summed E-state index contributed by atoms with van der Waals surface area (Å²) >= 11 is 4.74. The van der Waals surface area contributed by atoms with Crippen LogP contribution in [0.15, 0.2) is 18.3 Å². The SMILES string of the molecule is CNc1ccc(C(N)=S)nc1. The molecule has 1 aromatic heterocycles. The molecule has 0 amide bonds. The van der Waals surface area contributed by atoms with Gasteiger partial charge in [0, 0.05) is 7.05 Å². The highest BCUT2D eigenvalue weighted by atomic mass is 32.1. The summed E-state index contributed by atoms with van der Waals surface area (Å²) in [4.78, 5) is 4.35. The van der Waals surface area contributed by atoms with Crippen LogP contribution in [0.25, 0.3) is 0 Å². The van der Waals surface area contributed by atoms with E-state index in [0.29, 0.717) is 10.7 Å². The zero-order valence-electron chi connectivity index (χ0n) is 6.16. The first-order chi connectivity index (χ1) is 5.24. The number of hydrogen-bond acceptors (Lipinski definition) is 3. The largest absolute Gasteiger partial charge is 0.388 e. The first-order valence-electron chi connectivity index (χ1n) is 3.17. The van der Waals surface area contributed by atoms with E-state index in [1.165, 1.54) is 0 Å². The molecule has 0 fully saturated rings. The van der Waals surface area contributed by atoms with Crippen molar-refractivity contribution < 1.29 is 0 Å². The van der Waals surface area contributed by atoms with Crippen molar-refractivity contribution in [1.82, 2.24) is 4.98 Å². The van der Waals surface area contributed by atoms with Crippen LogP contribution in [0.1, 0.15) is 5.69 Å². The molecule has 0 radical (unpaired) electrons. The van der Waals surface area contributed by atoms with E-state index in [4.69, 9.17) is 18.0 Å². The molecule has 1 aromatic rings. The Morgan fingerprint density at radius 3 is 2.73 bits per heavy atom. The average Bonchev–Trinajstić information content (AvgIpc) is 2.05. The summed E-state index contributed by atoms with van der Waals surface area (Å²) in [6.07, 6.45) is 1.69. The number of aromatic nitrogens is 1. The van der Waals surface area contributed by atoms with E-state index in [1.807, 2.05) is 13.1 Å². The Bertz CT molecular complexity index is 255. The van der Waals surface area contributed by atoms with Crippen LogP contribution < -0.4 is 11.1 Å². The molecule has 0 spiro atoms. The van der Waals surface area contributed by atoms with Gasteiger partial charge in [-0.25, -0.2) is 0 Å². The number of pyridine rings is 1. The van der Waals surface area contributed by atoms with Gasteiger partial charge in [0.15, 0.2) is 0 Å². The van der Waals surface area contributed by atoms with Gasteiger partial charge in [0.05, 0.1) is 17.6 Å². The van der Waals surface area contributed by atoms with Crippen LogP contribution >= 0.6 is 12.2 Å². The molecule has 58 valence electrons. The van der Waals surface area contributed by atoms with E-state index < -0.39 is 0 Å². The standard InChI is InChI=1S/C7H9N3S/c1-9-5-2-3-6(7(8)11)10-4-5/h2-4,9H,1H3,(H2,8,11). The summed E-state index contributed by atoms with van der Waals surface area (Å²) < 4.78 is 0. The predicted octanol–water partition coefficient (Wildman–Crippen LogP) is 0.758. The van der Waals surface area contributed by atoms with E-state index in [2.05, 4.69) is 10.3 Å². The van der Waals surface area contributed by atoms with Crippen LogP contribution in [0.4, 0.5) is 5.69 Å². The molecule has 0 saturated heterocycles. The van der Waals surface area contributed by atoms with Crippen molar-refractivity contribution in [1.29, 1.82) is 0 Å². The minimum Gasteiger partial charge on any atom is -0.388 e. The lowest BCUT2D eigenvalue weighted by atomic mass is 10.3. The second kappa shape index (κ2) is 3.30. The zero-order valence-corrected chi connectivity index (χ0v) is 6.98. The predicted molar refractivity (Wildman–Crippen MR) is 49.7 cm³/mol. The van der Waals surface area contributed by atoms with E-state index in [0.717, 1.165) is 5.69 Å². The fraction of sp³-hybridized carbons (Fsp3) is 0.143. The topological polar surface area (TPSA) is 50.9 Å². The Hall–Kier alpha value is -1.16. The molecule has 11 heavy (non-hydrogen) atoms. The number of rotatable bonds is 2. The summed E-state index contributed by atoms with van der Waals surface area (Å²) in [7, 11) is 1.83. The maximum Gasteiger partial charge on any atom is 0.122 e. The zero-order chi connectivity index (χ0) is 8.27. The van der Waals surface area contributed by atoms with Gasteiger partial charge in [0.25, 0.3) is 0 Å². The lowest BCUT2D eigenvalue weighted by molar-refractivity contribution is 1.28. The molecule has 0 unspecified atom stereocenters. The highest BCUT2D eigenvalue weighted by Gasteiger charge is 1.95. The van der Waals surface area contributed by atoms with Crippen LogP contribution in [0.2, 0.25) is 0 Å². The number of nitrogens with one attached hydrogen (secondary N) is 1. The second-order valence-corrected chi connectivity index (χ2v) is 2.49. The van der Waals surface area contributed by atoms with E-state index in [1.54, 1.807) is 12.3 Å². The number of anilines is 1. The first kappa shape index (κ1) is 7.94. The van der Waals surface area contributed by atoms with Crippen molar-refractivity contribution in [3.63, 3.8) is 0 Å². The molecule has 3 N–H and O–H groups in total. The smallest absolute Gasteiger partial charge is 0.122 e. The molecule has 0 aliphatic heterocycles. The Morgan fingerprint density at radius 1 is 1.64 bits per heavy atom. The lowest BCUT2D eigenvalue weighted by Crippen LogP contribution is -2.11. The second-order valence-electron chi connectivity index (χ2n) is 2.05. The molecule has 0 saturated carbocycles. The normalized spacial score (nSPS) is 9.18. The molecular weight excluding hydrogens is 158 g/mol. The summed E-state index contributed by atoms with van der Waals surface area (Å²) in [6, 6.07) is 3.66. The Balaban J connectivity index is 2.91. The van der Waals surface area contributed by atoms with Crippen LogP contribution in [-0.4, -0.2) is 17.0 Å². The fourth-order valence-corrected chi connectivity index (χ4v) is 0.808. The molecule has 1 rings (SSSR count). The van der Waals surface area contributed by atoms with Crippen molar-refractivity contribution in [2.45, 2.75) is 0 Å². The minimum absolute atomic E-state index is 0.327. The first-order valence-corrected chi connectivity index (χ1v) is 3.58. The van der Waals surface area contributed by atoms with Crippen LogP contribution in [0.5, 0.6) is 0 Å². The lowest BCUT2D eigenvalue weighted by Gasteiger charge is -1.99. The highest BCUT2D eigenvalue weighted by Crippen LogP contribution is 2.03. The average molecular weight is 167 g/mol. The van der Waals surface area contributed by atoms with Crippen molar-refractivity contribution in [2.75, 3.05) is 12.4 Å². The van der Waals surface area contributed by atoms with Crippen molar-refractivity contribution in [2.24, 2.45) is 5.73 Å². The van der Waals surface area contributed by atoms with Gasteiger partial charge in [-0.15, -0.1) is 0 Å². The number of nitrogens with two attached hydrogens (primary N) is 1. The van der Waals surface area contributed by atoms with Gasteiger partial charge in [-0.1, -0.05) is 12.2 Å². The van der Waals surface area contributed by atoms with E-state index >= 15 is 0 Å². The molecule has 0 atom stereocenters. The molecule has 0 aliphatic carbocycles. The highest BCUT2D eigenvalue weighted by molar-refractivity contribution is 7.80. The summed E-state index contributed by atoms with van der Waals surface area (Å²) in [6.45, 7) is 0. The third-order valence-electron chi connectivity index (χ3n) is 1.30. The Labute approximate surface area is 70.6 Å². The third-order valence-corrected chi connectivity index (χ3v) is 1.51. The third kappa shape index (κ3) is 1.88. The minimum atomic E-state index is 0.327. The Kier molecular flexibility index (Phi) is 2.38. The summed E-state index contributed by atoms with van der Waals surface area (Å²) in [5.74, 6) is 0.